The summed E-state index contributed by atoms with van der Waals surface area (Å²) in [5, 5.41) is 3.48. The minimum Gasteiger partial charge on any atom is -0.348 e. The second-order valence-corrected chi connectivity index (χ2v) is 5.27. The molecule has 2 heterocycles. The zero-order chi connectivity index (χ0) is 10.3. The van der Waals surface area contributed by atoms with Crippen LogP contribution in [0, 0.1) is 0 Å². The average Bonchev–Trinajstić information content (AvgIpc) is 2.48. The smallest absolute Gasteiger partial charge is 0.0446 e. The first-order valence-electron chi connectivity index (χ1n) is 5.42. The van der Waals surface area contributed by atoms with Gasteiger partial charge < -0.3 is 9.88 Å². The first-order chi connectivity index (χ1) is 6.48. The van der Waals surface area contributed by atoms with Gasteiger partial charge in [0.2, 0.25) is 0 Å². The zero-order valence-electron chi connectivity index (χ0n) is 9.59. The quantitative estimate of drug-likeness (QED) is 0.668. The van der Waals surface area contributed by atoms with E-state index in [0.717, 1.165) is 13.1 Å². The molecule has 14 heavy (non-hydrogen) atoms. The summed E-state index contributed by atoms with van der Waals surface area (Å²) in [6.07, 6.45) is 2.31. The maximum absolute atomic E-state index is 3.48. The lowest BCUT2D eigenvalue weighted by Crippen LogP contribution is -2.30. The maximum atomic E-state index is 3.48. The molecule has 2 rings (SSSR count). The molecule has 1 aromatic rings. The third-order valence-corrected chi connectivity index (χ3v) is 3.04. The van der Waals surface area contributed by atoms with Crippen molar-refractivity contribution in [1.29, 1.82) is 0 Å². The summed E-state index contributed by atoms with van der Waals surface area (Å²) in [6.45, 7) is 11.2. The highest BCUT2D eigenvalue weighted by atomic mass is 15.1. The molecule has 1 aromatic heterocycles. The van der Waals surface area contributed by atoms with Crippen molar-refractivity contribution in [3.05, 3.63) is 23.5 Å². The normalized spacial score (nSPS) is 22.1. The van der Waals surface area contributed by atoms with E-state index in [1.165, 1.54) is 11.3 Å². The Morgan fingerprint density at radius 2 is 2.14 bits per heavy atom. The monoisotopic (exact) mass is 192 g/mol. The molecular weight excluding hydrogens is 172 g/mol. The molecular formula is C12H20N2. The van der Waals surface area contributed by atoms with Crippen molar-refractivity contribution in [2.75, 3.05) is 6.54 Å². The van der Waals surface area contributed by atoms with Gasteiger partial charge in [0.25, 0.3) is 0 Å². The summed E-state index contributed by atoms with van der Waals surface area (Å²) in [5.41, 5.74) is 3.15. The van der Waals surface area contributed by atoms with Gasteiger partial charge in [0.05, 0.1) is 0 Å². The van der Waals surface area contributed by atoms with Crippen LogP contribution in [0.25, 0.3) is 0 Å². The highest BCUT2D eigenvalue weighted by molar-refractivity contribution is 5.28. The van der Waals surface area contributed by atoms with Gasteiger partial charge in [-0.15, -0.1) is 0 Å². The van der Waals surface area contributed by atoms with Gasteiger partial charge in [0.15, 0.2) is 0 Å². The van der Waals surface area contributed by atoms with Gasteiger partial charge in [-0.3, -0.25) is 0 Å². The predicted octanol–water partition coefficient (Wildman–Crippen LogP) is 2.45. The van der Waals surface area contributed by atoms with Crippen LogP contribution in [0.4, 0.5) is 0 Å². The lowest BCUT2D eigenvalue weighted by Gasteiger charge is -2.22. The summed E-state index contributed by atoms with van der Waals surface area (Å²) in [6, 6.07) is 2.84. The van der Waals surface area contributed by atoms with E-state index in [0.29, 0.717) is 6.04 Å². The van der Waals surface area contributed by atoms with Crippen LogP contribution in [-0.2, 0) is 12.0 Å². The van der Waals surface area contributed by atoms with Crippen molar-refractivity contribution in [1.82, 2.24) is 9.88 Å². The number of fused-ring (bicyclic) bond motifs is 1. The number of aromatic nitrogens is 1. The van der Waals surface area contributed by atoms with Crippen LogP contribution in [-0.4, -0.2) is 11.1 Å². The topological polar surface area (TPSA) is 17.0 Å². The van der Waals surface area contributed by atoms with E-state index in [1.54, 1.807) is 0 Å². The molecule has 78 valence electrons. The van der Waals surface area contributed by atoms with E-state index in [4.69, 9.17) is 0 Å². The Morgan fingerprint density at radius 1 is 1.43 bits per heavy atom. The standard InChI is InChI=1S/C12H20N2/c1-9-11-7-10(12(2,3)4)8-14(11)6-5-13-9/h7-9,13H,5-6H2,1-4H3/t9-/m0/s1. The number of nitrogens with one attached hydrogen (secondary N) is 1. The van der Waals surface area contributed by atoms with E-state index in [1.807, 2.05) is 0 Å². The van der Waals surface area contributed by atoms with Gasteiger partial charge in [0, 0.05) is 31.0 Å². The second kappa shape index (κ2) is 3.13. The van der Waals surface area contributed by atoms with E-state index < -0.39 is 0 Å². The van der Waals surface area contributed by atoms with E-state index in [-0.39, 0.29) is 5.41 Å². The van der Waals surface area contributed by atoms with Crippen molar-refractivity contribution in [2.24, 2.45) is 0 Å². The summed E-state index contributed by atoms with van der Waals surface area (Å²) < 4.78 is 2.39. The number of hydrogen-bond donors (Lipinski definition) is 1. The maximum Gasteiger partial charge on any atom is 0.0446 e. The highest BCUT2D eigenvalue weighted by Gasteiger charge is 2.21. The fourth-order valence-corrected chi connectivity index (χ4v) is 2.01. The minimum atomic E-state index is 0.268. The third-order valence-electron chi connectivity index (χ3n) is 3.04. The zero-order valence-corrected chi connectivity index (χ0v) is 9.59. The Hall–Kier alpha value is -0.760. The molecule has 0 aliphatic carbocycles. The Labute approximate surface area is 86.3 Å². The first-order valence-corrected chi connectivity index (χ1v) is 5.42. The molecule has 0 saturated carbocycles. The van der Waals surface area contributed by atoms with Gasteiger partial charge in [-0.1, -0.05) is 20.8 Å². The SMILES string of the molecule is C[C@@H]1NCCn2cc(C(C)(C)C)cc21. The van der Waals surface area contributed by atoms with Crippen LogP contribution >= 0.6 is 0 Å². The Morgan fingerprint density at radius 3 is 2.71 bits per heavy atom. The lowest BCUT2D eigenvalue weighted by atomic mass is 9.89. The van der Waals surface area contributed by atoms with Crippen LogP contribution in [0.3, 0.4) is 0 Å². The van der Waals surface area contributed by atoms with Gasteiger partial charge in [-0.2, -0.15) is 0 Å². The second-order valence-electron chi connectivity index (χ2n) is 5.27. The molecule has 1 N–H and O–H groups in total. The van der Waals surface area contributed by atoms with Crippen molar-refractivity contribution in [3.8, 4) is 0 Å². The van der Waals surface area contributed by atoms with Crippen LogP contribution in [0.5, 0.6) is 0 Å². The highest BCUT2D eigenvalue weighted by Crippen LogP contribution is 2.28. The fraction of sp³-hybridized carbons (Fsp3) is 0.667. The molecule has 0 saturated heterocycles. The van der Waals surface area contributed by atoms with Gasteiger partial charge in [0.1, 0.15) is 0 Å². The molecule has 1 aliphatic heterocycles. The average molecular weight is 192 g/mol. The number of rotatable bonds is 0. The van der Waals surface area contributed by atoms with Gasteiger partial charge in [-0.25, -0.2) is 0 Å². The molecule has 0 bridgehead atoms. The van der Waals surface area contributed by atoms with E-state index >= 15 is 0 Å². The minimum absolute atomic E-state index is 0.268. The summed E-state index contributed by atoms with van der Waals surface area (Å²) in [5.74, 6) is 0. The summed E-state index contributed by atoms with van der Waals surface area (Å²) >= 11 is 0. The van der Waals surface area contributed by atoms with Gasteiger partial charge >= 0.3 is 0 Å². The lowest BCUT2D eigenvalue weighted by molar-refractivity contribution is 0.448. The van der Waals surface area contributed by atoms with Crippen LogP contribution in [0.15, 0.2) is 12.3 Å². The van der Waals surface area contributed by atoms with Crippen molar-refractivity contribution in [3.63, 3.8) is 0 Å². The summed E-state index contributed by atoms with van der Waals surface area (Å²) in [7, 11) is 0. The predicted molar refractivity (Wildman–Crippen MR) is 59.5 cm³/mol. The molecule has 1 atom stereocenters. The van der Waals surface area contributed by atoms with Crippen LogP contribution in [0.2, 0.25) is 0 Å². The Bertz CT molecular complexity index is 331. The van der Waals surface area contributed by atoms with Gasteiger partial charge in [-0.05, 0) is 24.0 Å². The molecule has 0 fully saturated rings. The largest absolute Gasteiger partial charge is 0.348 e. The van der Waals surface area contributed by atoms with E-state index in [2.05, 4.69) is 49.8 Å². The molecule has 0 unspecified atom stereocenters. The molecule has 0 spiro atoms. The number of nitrogens with zero attached hydrogens (tertiary/aromatic N) is 1. The van der Waals surface area contributed by atoms with Crippen molar-refractivity contribution < 1.29 is 0 Å². The van der Waals surface area contributed by atoms with Crippen LogP contribution in [0.1, 0.15) is 45.0 Å². The fourth-order valence-electron chi connectivity index (χ4n) is 2.01. The Kier molecular flexibility index (Phi) is 2.18. The molecule has 2 nitrogen and oxygen atoms in total. The third kappa shape index (κ3) is 1.59. The van der Waals surface area contributed by atoms with Crippen molar-refractivity contribution >= 4 is 0 Å². The van der Waals surface area contributed by atoms with E-state index in [9.17, 15) is 0 Å². The molecule has 1 aliphatic rings. The molecule has 0 amide bonds. The van der Waals surface area contributed by atoms with Crippen LogP contribution < -0.4 is 5.32 Å². The van der Waals surface area contributed by atoms with Crippen molar-refractivity contribution in [2.45, 2.75) is 45.7 Å². The molecule has 2 heteroatoms. The Balaban J connectivity index is 2.40. The molecule has 0 aromatic carbocycles. The first kappa shape index (κ1) is 9.78. The number of hydrogen-bond acceptors (Lipinski definition) is 1. The molecule has 0 radical (unpaired) electrons. The summed E-state index contributed by atoms with van der Waals surface area (Å²) in [4.78, 5) is 0.